The third-order valence-electron chi connectivity index (χ3n) is 4.95. The number of nitrogens with two attached hydrogens (primary N) is 1. The molecule has 0 aliphatic carbocycles. The molecule has 6 heteroatoms. The fourth-order valence-electron chi connectivity index (χ4n) is 3.50. The molecule has 0 bridgehead atoms. The van der Waals surface area contributed by atoms with Crippen molar-refractivity contribution in [3.05, 3.63) is 58.7 Å². The lowest BCUT2D eigenvalue weighted by atomic mass is 9.85. The van der Waals surface area contributed by atoms with Crippen LogP contribution >= 0.6 is 11.8 Å². The van der Waals surface area contributed by atoms with Crippen molar-refractivity contribution in [3.63, 3.8) is 0 Å². The molecule has 2 aromatic heterocycles. The highest BCUT2D eigenvalue weighted by atomic mass is 32.2. The van der Waals surface area contributed by atoms with Crippen LogP contribution in [0.25, 0.3) is 11.1 Å². The highest BCUT2D eigenvalue weighted by molar-refractivity contribution is 7.98. The van der Waals surface area contributed by atoms with Gasteiger partial charge in [0, 0.05) is 30.7 Å². The number of rotatable bonds is 6. The predicted molar refractivity (Wildman–Crippen MR) is 121 cm³/mol. The Morgan fingerprint density at radius 2 is 1.76 bits per heavy atom. The van der Waals surface area contributed by atoms with Gasteiger partial charge in [-0.15, -0.1) is 10.2 Å². The molecule has 154 valence electrons. The fourth-order valence-corrected chi connectivity index (χ4v) is 4.48. The van der Waals surface area contributed by atoms with E-state index in [9.17, 15) is 0 Å². The van der Waals surface area contributed by atoms with Crippen molar-refractivity contribution in [3.8, 4) is 11.1 Å². The molecular formula is C23H31N5S. The van der Waals surface area contributed by atoms with E-state index in [2.05, 4.69) is 69.1 Å². The number of hydrogen-bond acceptors (Lipinski definition) is 5. The molecule has 3 rings (SSSR count). The average molecular weight is 410 g/mol. The van der Waals surface area contributed by atoms with E-state index in [1.807, 2.05) is 11.6 Å². The number of aryl methyl sites for hydroxylation is 3. The Bertz CT molecular complexity index is 984. The van der Waals surface area contributed by atoms with Crippen molar-refractivity contribution in [1.82, 2.24) is 19.7 Å². The zero-order chi connectivity index (χ0) is 21.2. The minimum atomic E-state index is 0.142. The van der Waals surface area contributed by atoms with Crippen LogP contribution in [0, 0.1) is 19.3 Å². The van der Waals surface area contributed by atoms with Gasteiger partial charge in [0.2, 0.25) is 0 Å². The van der Waals surface area contributed by atoms with Gasteiger partial charge >= 0.3 is 0 Å². The molecule has 1 aromatic carbocycles. The summed E-state index contributed by atoms with van der Waals surface area (Å²) in [5.41, 5.74) is 14.7. The third kappa shape index (κ3) is 5.06. The van der Waals surface area contributed by atoms with Gasteiger partial charge in [-0.3, -0.25) is 4.98 Å². The summed E-state index contributed by atoms with van der Waals surface area (Å²) in [4.78, 5) is 5.02. The summed E-state index contributed by atoms with van der Waals surface area (Å²) >= 11 is 1.68. The molecule has 5 nitrogen and oxygen atoms in total. The monoisotopic (exact) mass is 409 g/mol. The number of hydrogen-bond donors (Lipinski definition) is 1. The summed E-state index contributed by atoms with van der Waals surface area (Å²) < 4.78 is 1.94. The first-order chi connectivity index (χ1) is 13.7. The van der Waals surface area contributed by atoms with Crippen molar-refractivity contribution in [2.75, 3.05) is 0 Å². The molecule has 2 heterocycles. The average Bonchev–Trinajstić information content (AvgIpc) is 3.05. The molecule has 0 radical (unpaired) electrons. The topological polar surface area (TPSA) is 69.6 Å². The highest BCUT2D eigenvalue weighted by Gasteiger charge is 2.22. The quantitative estimate of drug-likeness (QED) is 0.590. The van der Waals surface area contributed by atoms with Crippen molar-refractivity contribution in [1.29, 1.82) is 0 Å². The lowest BCUT2D eigenvalue weighted by Gasteiger charge is -2.24. The molecule has 0 amide bonds. The summed E-state index contributed by atoms with van der Waals surface area (Å²) in [6.45, 7) is 11.4. The van der Waals surface area contributed by atoms with E-state index in [-0.39, 0.29) is 5.41 Å². The fraction of sp³-hybridized carbons (Fsp3) is 0.435. The minimum absolute atomic E-state index is 0.142. The molecule has 0 aliphatic heterocycles. The second-order valence-corrected chi connectivity index (χ2v) is 9.74. The van der Waals surface area contributed by atoms with Gasteiger partial charge in [0.15, 0.2) is 5.16 Å². The molecule has 0 fully saturated rings. The Hall–Kier alpha value is -2.18. The molecule has 0 atom stereocenters. The van der Waals surface area contributed by atoms with Gasteiger partial charge in [-0.05, 0) is 47.9 Å². The first kappa shape index (κ1) is 21.5. The number of benzene rings is 1. The van der Waals surface area contributed by atoms with Crippen LogP contribution < -0.4 is 5.73 Å². The van der Waals surface area contributed by atoms with Crippen LogP contribution in [0.1, 0.15) is 48.8 Å². The SMILES string of the molecule is Cc1ccc(-c2c(CSc3nncn3C)c(C)nc(CC(C)(C)C)c2CN)cc1. The maximum absolute atomic E-state index is 6.30. The summed E-state index contributed by atoms with van der Waals surface area (Å²) in [5, 5.41) is 9.10. The largest absolute Gasteiger partial charge is 0.326 e. The highest BCUT2D eigenvalue weighted by Crippen LogP contribution is 2.36. The Labute approximate surface area is 178 Å². The molecule has 2 N–H and O–H groups in total. The van der Waals surface area contributed by atoms with Gasteiger partial charge in [0.1, 0.15) is 6.33 Å². The van der Waals surface area contributed by atoms with Gasteiger partial charge in [-0.25, -0.2) is 0 Å². The predicted octanol–water partition coefficient (Wildman–Crippen LogP) is 4.83. The Kier molecular flexibility index (Phi) is 6.44. The zero-order valence-electron chi connectivity index (χ0n) is 18.3. The van der Waals surface area contributed by atoms with Crippen LogP contribution in [0.15, 0.2) is 35.7 Å². The molecular weight excluding hydrogens is 378 g/mol. The van der Waals surface area contributed by atoms with Crippen molar-refractivity contribution in [2.45, 2.75) is 58.5 Å². The van der Waals surface area contributed by atoms with Crippen LogP contribution in [-0.2, 0) is 25.8 Å². The number of thioether (sulfide) groups is 1. The number of aromatic nitrogens is 4. The van der Waals surface area contributed by atoms with E-state index >= 15 is 0 Å². The van der Waals surface area contributed by atoms with E-state index in [0.717, 1.165) is 34.3 Å². The minimum Gasteiger partial charge on any atom is -0.326 e. The molecule has 0 saturated carbocycles. The normalized spacial score (nSPS) is 11.8. The zero-order valence-corrected chi connectivity index (χ0v) is 19.1. The summed E-state index contributed by atoms with van der Waals surface area (Å²) in [6, 6.07) is 8.71. The molecule has 0 unspecified atom stereocenters. The molecule has 29 heavy (non-hydrogen) atoms. The lowest BCUT2D eigenvalue weighted by molar-refractivity contribution is 0.404. The van der Waals surface area contributed by atoms with Crippen molar-refractivity contribution in [2.24, 2.45) is 18.2 Å². The Balaban J connectivity index is 2.14. The van der Waals surface area contributed by atoms with E-state index in [1.54, 1.807) is 18.1 Å². The summed E-state index contributed by atoms with van der Waals surface area (Å²) in [5.74, 6) is 0.775. The van der Waals surface area contributed by atoms with Gasteiger partial charge in [-0.1, -0.05) is 62.4 Å². The smallest absolute Gasteiger partial charge is 0.191 e. The number of nitrogens with zero attached hydrogens (tertiary/aromatic N) is 4. The first-order valence-electron chi connectivity index (χ1n) is 9.94. The standard InChI is InChI=1S/C23H31N5S/c1-15-7-9-17(10-8-15)21-18(12-24)20(11-23(3,4)5)26-16(2)19(21)13-29-22-27-25-14-28(22)6/h7-10,14H,11-13,24H2,1-6H3. The van der Waals surface area contributed by atoms with Gasteiger partial charge in [-0.2, -0.15) is 0 Å². The summed E-state index contributed by atoms with van der Waals surface area (Å²) in [6.07, 6.45) is 2.63. The third-order valence-corrected chi connectivity index (χ3v) is 6.01. The second kappa shape index (κ2) is 8.67. The van der Waals surface area contributed by atoms with Crippen molar-refractivity contribution >= 4 is 11.8 Å². The van der Waals surface area contributed by atoms with Crippen LogP contribution in [0.2, 0.25) is 0 Å². The lowest BCUT2D eigenvalue weighted by Crippen LogP contribution is -2.17. The maximum Gasteiger partial charge on any atom is 0.191 e. The van der Waals surface area contributed by atoms with Crippen molar-refractivity contribution < 1.29 is 0 Å². The van der Waals surface area contributed by atoms with Gasteiger partial charge < -0.3 is 10.3 Å². The van der Waals surface area contributed by atoms with Crippen LogP contribution in [0.3, 0.4) is 0 Å². The van der Waals surface area contributed by atoms with Crippen LogP contribution in [0.4, 0.5) is 0 Å². The second-order valence-electron chi connectivity index (χ2n) is 8.80. The molecule has 0 aliphatic rings. The van der Waals surface area contributed by atoms with E-state index in [1.165, 1.54) is 22.3 Å². The number of pyridine rings is 1. The summed E-state index contributed by atoms with van der Waals surface area (Å²) in [7, 11) is 1.96. The molecule has 0 saturated heterocycles. The van der Waals surface area contributed by atoms with Gasteiger partial charge in [0.25, 0.3) is 0 Å². The van der Waals surface area contributed by atoms with Gasteiger partial charge in [0.05, 0.1) is 0 Å². The van der Waals surface area contributed by atoms with E-state index in [4.69, 9.17) is 10.7 Å². The van der Waals surface area contributed by atoms with Crippen LogP contribution in [-0.4, -0.2) is 19.7 Å². The molecule has 0 spiro atoms. The van der Waals surface area contributed by atoms with E-state index in [0.29, 0.717) is 6.54 Å². The van der Waals surface area contributed by atoms with Crippen LogP contribution in [0.5, 0.6) is 0 Å². The maximum atomic E-state index is 6.30. The Morgan fingerprint density at radius 1 is 1.07 bits per heavy atom. The Morgan fingerprint density at radius 3 is 2.31 bits per heavy atom. The van der Waals surface area contributed by atoms with E-state index < -0.39 is 0 Å². The first-order valence-corrected chi connectivity index (χ1v) is 10.9. The molecule has 3 aromatic rings.